The Kier molecular flexibility index (Phi) is 5.58. The predicted molar refractivity (Wildman–Crippen MR) is 85.8 cm³/mol. The molecule has 0 aromatic heterocycles. The van der Waals surface area contributed by atoms with Crippen LogP contribution in [0, 0.1) is 5.92 Å². The van der Waals surface area contributed by atoms with Gasteiger partial charge in [0.1, 0.15) is 0 Å². The smallest absolute Gasteiger partial charge is 0.0470 e. The second-order valence-corrected chi connectivity index (χ2v) is 6.16. The van der Waals surface area contributed by atoms with Gasteiger partial charge in [0.2, 0.25) is 0 Å². The van der Waals surface area contributed by atoms with Crippen LogP contribution in [0.15, 0.2) is 24.3 Å². The van der Waals surface area contributed by atoms with Crippen LogP contribution in [0.25, 0.3) is 0 Å². The summed E-state index contributed by atoms with van der Waals surface area (Å²) < 4.78 is 0. The van der Waals surface area contributed by atoms with Crippen LogP contribution < -0.4 is 5.73 Å². The fourth-order valence-electron chi connectivity index (χ4n) is 3.44. The first-order valence-electron chi connectivity index (χ1n) is 7.82. The van der Waals surface area contributed by atoms with Gasteiger partial charge in [-0.25, -0.2) is 0 Å². The van der Waals surface area contributed by atoms with Crippen molar-refractivity contribution in [2.24, 2.45) is 11.7 Å². The minimum absolute atomic E-state index is 0.344. The van der Waals surface area contributed by atoms with Gasteiger partial charge in [-0.15, -0.1) is 0 Å². The lowest BCUT2D eigenvalue weighted by atomic mass is 9.96. The number of benzene rings is 1. The first-order chi connectivity index (χ1) is 9.65. The van der Waals surface area contributed by atoms with Gasteiger partial charge in [0.25, 0.3) is 0 Å². The van der Waals surface area contributed by atoms with E-state index in [1.165, 1.54) is 30.6 Å². The highest BCUT2D eigenvalue weighted by Crippen LogP contribution is 2.25. The van der Waals surface area contributed by atoms with Crippen molar-refractivity contribution in [1.82, 2.24) is 9.80 Å². The van der Waals surface area contributed by atoms with Crippen LogP contribution in [0.5, 0.6) is 0 Å². The van der Waals surface area contributed by atoms with Gasteiger partial charge in [-0.1, -0.05) is 31.2 Å². The van der Waals surface area contributed by atoms with Crippen molar-refractivity contribution in [3.63, 3.8) is 0 Å². The summed E-state index contributed by atoms with van der Waals surface area (Å²) in [5, 5.41) is 0. The molecule has 1 aromatic rings. The number of rotatable bonds is 6. The Labute approximate surface area is 123 Å². The maximum absolute atomic E-state index is 6.08. The predicted octanol–water partition coefficient (Wildman–Crippen LogP) is 2.13. The van der Waals surface area contributed by atoms with E-state index in [1.807, 2.05) is 0 Å². The Bertz CT molecular complexity index is 418. The largest absolute Gasteiger partial charge is 0.329 e. The number of aryl methyl sites for hydroxylation is 1. The molecular weight excluding hydrogens is 246 g/mol. The zero-order valence-electron chi connectivity index (χ0n) is 13.2. The van der Waals surface area contributed by atoms with Gasteiger partial charge in [0.15, 0.2) is 0 Å². The molecule has 1 aliphatic heterocycles. The Morgan fingerprint density at radius 3 is 2.75 bits per heavy atom. The molecule has 1 aromatic carbocycles. The molecular formula is C17H29N3. The topological polar surface area (TPSA) is 32.5 Å². The Morgan fingerprint density at radius 1 is 1.40 bits per heavy atom. The van der Waals surface area contributed by atoms with Crippen molar-refractivity contribution in [2.75, 3.05) is 40.3 Å². The molecule has 2 N–H and O–H groups in total. The molecule has 0 spiro atoms. The molecule has 2 atom stereocenters. The maximum atomic E-state index is 6.08. The number of nitrogens with two attached hydrogens (primary N) is 1. The third kappa shape index (κ3) is 3.60. The summed E-state index contributed by atoms with van der Waals surface area (Å²) in [6.07, 6.45) is 2.39. The van der Waals surface area contributed by atoms with Crippen LogP contribution in [-0.2, 0) is 6.42 Å². The normalized spacial score (nSPS) is 21.6. The van der Waals surface area contributed by atoms with Crippen molar-refractivity contribution < 1.29 is 0 Å². The molecule has 0 bridgehead atoms. The van der Waals surface area contributed by atoms with E-state index in [0.29, 0.717) is 12.6 Å². The maximum Gasteiger partial charge on any atom is 0.0470 e. The van der Waals surface area contributed by atoms with Gasteiger partial charge in [0, 0.05) is 25.7 Å². The molecule has 0 saturated carbocycles. The third-order valence-corrected chi connectivity index (χ3v) is 4.59. The average molecular weight is 275 g/mol. The molecule has 2 rings (SSSR count). The van der Waals surface area contributed by atoms with Crippen molar-refractivity contribution in [3.8, 4) is 0 Å². The van der Waals surface area contributed by atoms with Gasteiger partial charge in [0.05, 0.1) is 0 Å². The Hall–Kier alpha value is -0.900. The Balaban J connectivity index is 2.06. The SMILES string of the molecule is CCc1ccccc1C(CN)N(C)CC1CCN(C)C1. The minimum Gasteiger partial charge on any atom is -0.329 e. The number of likely N-dealkylation sites (N-methyl/N-ethyl adjacent to an activating group) is 1. The van der Waals surface area contributed by atoms with E-state index < -0.39 is 0 Å². The van der Waals surface area contributed by atoms with Crippen molar-refractivity contribution in [3.05, 3.63) is 35.4 Å². The fraction of sp³-hybridized carbons (Fsp3) is 0.647. The minimum atomic E-state index is 0.344. The highest BCUT2D eigenvalue weighted by molar-refractivity contribution is 5.30. The number of hydrogen-bond acceptors (Lipinski definition) is 3. The van der Waals surface area contributed by atoms with Gasteiger partial charge in [-0.05, 0) is 50.5 Å². The number of nitrogens with zero attached hydrogens (tertiary/aromatic N) is 2. The first kappa shape index (κ1) is 15.5. The van der Waals surface area contributed by atoms with Crippen LogP contribution in [0.4, 0.5) is 0 Å². The van der Waals surface area contributed by atoms with E-state index in [2.05, 4.69) is 55.1 Å². The third-order valence-electron chi connectivity index (χ3n) is 4.59. The highest BCUT2D eigenvalue weighted by atomic mass is 15.2. The van der Waals surface area contributed by atoms with E-state index in [0.717, 1.165) is 18.9 Å². The van der Waals surface area contributed by atoms with Crippen LogP contribution in [0.3, 0.4) is 0 Å². The summed E-state index contributed by atoms with van der Waals surface area (Å²) in [6, 6.07) is 9.08. The zero-order chi connectivity index (χ0) is 14.5. The van der Waals surface area contributed by atoms with Crippen LogP contribution in [-0.4, -0.2) is 50.1 Å². The highest BCUT2D eigenvalue weighted by Gasteiger charge is 2.24. The molecule has 20 heavy (non-hydrogen) atoms. The van der Waals surface area contributed by atoms with E-state index in [-0.39, 0.29) is 0 Å². The van der Waals surface area contributed by atoms with E-state index in [4.69, 9.17) is 5.73 Å². The number of likely N-dealkylation sites (tertiary alicyclic amines) is 1. The molecule has 0 aliphatic carbocycles. The first-order valence-corrected chi connectivity index (χ1v) is 7.82. The lowest BCUT2D eigenvalue weighted by molar-refractivity contribution is 0.211. The van der Waals surface area contributed by atoms with E-state index in [1.54, 1.807) is 0 Å². The molecule has 1 saturated heterocycles. The second-order valence-electron chi connectivity index (χ2n) is 6.16. The molecule has 1 heterocycles. The van der Waals surface area contributed by atoms with Crippen LogP contribution in [0.1, 0.15) is 30.5 Å². The fourth-order valence-corrected chi connectivity index (χ4v) is 3.44. The lowest BCUT2D eigenvalue weighted by Crippen LogP contribution is -2.35. The van der Waals surface area contributed by atoms with Crippen molar-refractivity contribution in [2.45, 2.75) is 25.8 Å². The number of hydrogen-bond donors (Lipinski definition) is 1. The summed E-state index contributed by atoms with van der Waals surface area (Å²) in [6.45, 7) is 6.51. The summed E-state index contributed by atoms with van der Waals surface area (Å²) >= 11 is 0. The summed E-state index contributed by atoms with van der Waals surface area (Å²) in [7, 11) is 4.44. The van der Waals surface area contributed by atoms with Crippen molar-refractivity contribution >= 4 is 0 Å². The van der Waals surface area contributed by atoms with Gasteiger partial charge in [-0.3, -0.25) is 4.90 Å². The van der Waals surface area contributed by atoms with Gasteiger partial charge < -0.3 is 10.6 Å². The summed E-state index contributed by atoms with van der Waals surface area (Å²) in [5.41, 5.74) is 8.92. The van der Waals surface area contributed by atoms with Gasteiger partial charge >= 0.3 is 0 Å². The second kappa shape index (κ2) is 7.21. The molecule has 1 aliphatic rings. The molecule has 0 amide bonds. The van der Waals surface area contributed by atoms with Crippen LogP contribution >= 0.6 is 0 Å². The molecule has 112 valence electrons. The summed E-state index contributed by atoms with van der Waals surface area (Å²) in [4.78, 5) is 4.88. The van der Waals surface area contributed by atoms with Crippen LogP contribution in [0.2, 0.25) is 0 Å². The zero-order valence-corrected chi connectivity index (χ0v) is 13.2. The summed E-state index contributed by atoms with van der Waals surface area (Å²) in [5.74, 6) is 0.785. The molecule has 3 nitrogen and oxygen atoms in total. The van der Waals surface area contributed by atoms with E-state index in [9.17, 15) is 0 Å². The monoisotopic (exact) mass is 275 g/mol. The molecule has 2 unspecified atom stereocenters. The molecule has 0 radical (unpaired) electrons. The van der Waals surface area contributed by atoms with Gasteiger partial charge in [-0.2, -0.15) is 0 Å². The quantitative estimate of drug-likeness (QED) is 0.863. The Morgan fingerprint density at radius 2 is 2.15 bits per heavy atom. The standard InChI is InChI=1S/C17H29N3/c1-4-15-7-5-6-8-16(15)17(11-18)20(3)13-14-9-10-19(2)12-14/h5-8,14,17H,4,9-13,18H2,1-3H3. The molecule has 1 fully saturated rings. The molecule has 3 heteroatoms. The van der Waals surface area contributed by atoms with Crippen molar-refractivity contribution in [1.29, 1.82) is 0 Å². The lowest BCUT2D eigenvalue weighted by Gasteiger charge is -2.31. The average Bonchev–Trinajstić information content (AvgIpc) is 2.85. The van der Waals surface area contributed by atoms with E-state index >= 15 is 0 Å².